The van der Waals surface area contributed by atoms with Crippen molar-refractivity contribution < 1.29 is 19.4 Å². The van der Waals surface area contributed by atoms with Crippen LogP contribution >= 0.6 is 0 Å². The molecular formula is C35H42N8O4. The molecule has 47 heavy (non-hydrogen) atoms. The van der Waals surface area contributed by atoms with Crippen molar-refractivity contribution in [3.05, 3.63) is 53.2 Å². The van der Waals surface area contributed by atoms with Crippen LogP contribution in [0.1, 0.15) is 43.0 Å². The Morgan fingerprint density at radius 3 is 2.62 bits per heavy atom. The topological polar surface area (TPSA) is 129 Å². The minimum Gasteiger partial charge on any atom is -0.465 e. The number of carboxylic acid groups (broad SMARTS) is 1. The molecule has 1 aromatic heterocycles. The summed E-state index contributed by atoms with van der Waals surface area (Å²) in [4.78, 5) is 44.9. The lowest BCUT2D eigenvalue weighted by atomic mass is 9.99. The molecule has 5 heterocycles. The van der Waals surface area contributed by atoms with Crippen molar-refractivity contribution in [1.29, 1.82) is 5.26 Å². The van der Waals surface area contributed by atoms with Gasteiger partial charge in [0.1, 0.15) is 18.0 Å². The molecule has 246 valence electrons. The number of carbonyl (C=O) groups is 2. The Kier molecular flexibility index (Phi) is 8.04. The third-order valence-corrected chi connectivity index (χ3v) is 10.6. The first kappa shape index (κ1) is 31.0. The Morgan fingerprint density at radius 1 is 1.09 bits per heavy atom. The number of likely N-dealkylation sites (N-methyl/N-ethyl adjacent to an activating group) is 1. The molecular weight excluding hydrogens is 596 g/mol. The summed E-state index contributed by atoms with van der Waals surface area (Å²) >= 11 is 0. The number of hydrogen-bond donors (Lipinski definition) is 1. The van der Waals surface area contributed by atoms with Crippen molar-refractivity contribution in [2.24, 2.45) is 0 Å². The number of hydrogen-bond acceptors (Lipinski definition) is 9. The van der Waals surface area contributed by atoms with Gasteiger partial charge in [-0.25, -0.2) is 4.79 Å². The molecule has 0 bridgehead atoms. The molecule has 1 N–H and O–H groups in total. The lowest BCUT2D eigenvalue weighted by molar-refractivity contribution is -0.137. The molecule has 12 heteroatoms. The molecule has 2 aromatic carbocycles. The van der Waals surface area contributed by atoms with E-state index in [2.05, 4.69) is 71.1 Å². The molecule has 3 atom stereocenters. The van der Waals surface area contributed by atoms with Gasteiger partial charge in [0.25, 0.3) is 5.91 Å². The fourth-order valence-corrected chi connectivity index (χ4v) is 7.69. The number of nitriles is 1. The average molecular weight is 639 g/mol. The summed E-state index contributed by atoms with van der Waals surface area (Å²) in [6, 6.07) is 15.4. The molecule has 1 unspecified atom stereocenters. The predicted octanol–water partition coefficient (Wildman–Crippen LogP) is 3.66. The van der Waals surface area contributed by atoms with E-state index in [0.29, 0.717) is 44.8 Å². The Bertz CT molecular complexity index is 1750. The Labute approximate surface area is 275 Å². The van der Waals surface area contributed by atoms with Gasteiger partial charge >= 0.3 is 12.1 Å². The number of aromatic nitrogens is 2. The predicted molar refractivity (Wildman–Crippen MR) is 178 cm³/mol. The van der Waals surface area contributed by atoms with E-state index in [0.717, 1.165) is 54.3 Å². The van der Waals surface area contributed by atoms with Crippen molar-refractivity contribution in [1.82, 2.24) is 24.7 Å². The van der Waals surface area contributed by atoms with Crippen molar-refractivity contribution in [3.8, 4) is 12.1 Å². The summed E-state index contributed by atoms with van der Waals surface area (Å²) in [5.41, 5.74) is 3.35. The van der Waals surface area contributed by atoms with Gasteiger partial charge in [-0.05, 0) is 63.7 Å². The van der Waals surface area contributed by atoms with Gasteiger partial charge in [-0.1, -0.05) is 30.3 Å². The van der Waals surface area contributed by atoms with Crippen LogP contribution in [-0.4, -0.2) is 112 Å². The maximum absolute atomic E-state index is 13.6. The summed E-state index contributed by atoms with van der Waals surface area (Å²) in [6.45, 7) is 8.26. The third-order valence-electron chi connectivity index (χ3n) is 10.6. The van der Waals surface area contributed by atoms with Crippen LogP contribution in [0.15, 0.2) is 36.4 Å². The molecule has 3 saturated heterocycles. The van der Waals surface area contributed by atoms with Gasteiger partial charge in [0.2, 0.25) is 0 Å². The first-order valence-electron chi connectivity index (χ1n) is 16.6. The molecule has 0 spiro atoms. The highest BCUT2D eigenvalue weighted by molar-refractivity contribution is 5.97. The molecule has 0 radical (unpaired) electrons. The standard InChI is InChI=1S/C35H42N8O4/c1-23-7-4-8-24-9-5-11-29(30(23)24)40-16-13-27-28(20-40)37-33(47-21-26-10-6-15-39(26)3)38-31(27)41-17-18-42(25(19-41)12-14-36)32(44)35(2)22-43(35)34(45)46/h4-5,7-9,11,25-26H,6,10,12-13,15-22H2,1-3H3,(H,45,46)/t25-,26-,35?,43?/m0/s1. The highest BCUT2D eigenvalue weighted by Gasteiger charge is 2.59. The molecule has 3 aromatic rings. The van der Waals surface area contributed by atoms with Crippen LogP contribution in [0.4, 0.5) is 16.3 Å². The molecule has 3 fully saturated rings. The van der Waals surface area contributed by atoms with Gasteiger partial charge in [0.05, 0.1) is 37.3 Å². The minimum atomic E-state index is -1.10. The molecule has 0 saturated carbocycles. The van der Waals surface area contributed by atoms with Crippen molar-refractivity contribution in [2.75, 3.05) is 62.7 Å². The summed E-state index contributed by atoms with van der Waals surface area (Å²) in [7, 11) is 2.12. The number of aryl methyl sites for hydroxylation is 1. The second-order valence-corrected chi connectivity index (χ2v) is 13.6. The van der Waals surface area contributed by atoms with Crippen LogP contribution in [0.3, 0.4) is 0 Å². The van der Waals surface area contributed by atoms with Crippen LogP contribution in [0.2, 0.25) is 0 Å². The lowest BCUT2D eigenvalue weighted by Crippen LogP contribution is -2.58. The zero-order valence-electron chi connectivity index (χ0n) is 27.4. The Morgan fingerprint density at radius 2 is 1.89 bits per heavy atom. The quantitative estimate of drug-likeness (QED) is 0.383. The highest BCUT2D eigenvalue weighted by atomic mass is 16.5. The highest BCUT2D eigenvalue weighted by Crippen LogP contribution is 2.38. The fraction of sp³-hybridized carbons (Fsp3) is 0.514. The number of rotatable bonds is 7. The number of benzene rings is 2. The molecule has 0 aliphatic carbocycles. The summed E-state index contributed by atoms with van der Waals surface area (Å²) in [5, 5.41) is 21.7. The summed E-state index contributed by atoms with van der Waals surface area (Å²) in [6.07, 6.45) is 2.00. The number of nitrogens with zero attached hydrogens (tertiary/aromatic N) is 8. The van der Waals surface area contributed by atoms with Crippen LogP contribution in [0.25, 0.3) is 10.8 Å². The van der Waals surface area contributed by atoms with Crippen LogP contribution in [0.5, 0.6) is 6.01 Å². The third kappa shape index (κ3) is 5.67. The van der Waals surface area contributed by atoms with Crippen molar-refractivity contribution >= 4 is 34.3 Å². The van der Waals surface area contributed by atoms with Crippen molar-refractivity contribution in [3.63, 3.8) is 0 Å². The van der Waals surface area contributed by atoms with E-state index in [1.807, 2.05) is 0 Å². The molecule has 2 amide bonds. The Hall–Kier alpha value is -4.63. The molecule has 4 aliphatic rings. The number of anilines is 2. The largest absolute Gasteiger partial charge is 0.465 e. The van der Waals surface area contributed by atoms with Crippen molar-refractivity contribution in [2.45, 2.75) is 63.7 Å². The van der Waals surface area contributed by atoms with Crippen LogP contribution < -0.4 is 14.5 Å². The van der Waals surface area contributed by atoms with E-state index in [1.165, 1.54) is 22.0 Å². The SMILES string of the molecule is Cc1cccc2cccc(N3CCc4c(nc(OC[C@@H]5CCCN5C)nc4N4CCN(C(=O)C5(C)CN5C(=O)O)[C@@H](CC#N)C4)C3)c12. The maximum atomic E-state index is 13.6. The van der Waals surface area contributed by atoms with E-state index in [9.17, 15) is 20.0 Å². The molecule has 7 rings (SSSR count). The second kappa shape index (κ2) is 12.2. The van der Waals surface area contributed by atoms with E-state index in [1.54, 1.807) is 11.8 Å². The molecule has 12 nitrogen and oxygen atoms in total. The van der Waals surface area contributed by atoms with E-state index < -0.39 is 17.7 Å². The number of amides is 2. The van der Waals surface area contributed by atoms with E-state index in [-0.39, 0.29) is 18.9 Å². The van der Waals surface area contributed by atoms with E-state index >= 15 is 0 Å². The van der Waals surface area contributed by atoms with Crippen LogP contribution in [-0.2, 0) is 17.8 Å². The monoisotopic (exact) mass is 638 g/mol. The summed E-state index contributed by atoms with van der Waals surface area (Å²) in [5.74, 6) is 0.564. The maximum Gasteiger partial charge on any atom is 0.408 e. The van der Waals surface area contributed by atoms with Gasteiger partial charge in [0, 0.05) is 48.9 Å². The zero-order valence-corrected chi connectivity index (χ0v) is 27.4. The average Bonchev–Trinajstić information content (AvgIpc) is 3.62. The van der Waals surface area contributed by atoms with Gasteiger partial charge in [-0.2, -0.15) is 15.2 Å². The van der Waals surface area contributed by atoms with Gasteiger partial charge < -0.3 is 29.4 Å². The number of fused-ring (bicyclic) bond motifs is 2. The number of carbonyl (C=O) groups excluding carboxylic acids is 1. The number of likely N-dealkylation sites (tertiary alicyclic amines) is 1. The number of piperazine rings is 1. The van der Waals surface area contributed by atoms with Crippen LogP contribution in [0, 0.1) is 18.3 Å². The first-order valence-corrected chi connectivity index (χ1v) is 16.6. The fourth-order valence-electron chi connectivity index (χ4n) is 7.69. The first-order chi connectivity index (χ1) is 22.7. The Balaban J connectivity index is 1.19. The van der Waals surface area contributed by atoms with Gasteiger partial charge in [0.15, 0.2) is 0 Å². The molecule has 4 aliphatic heterocycles. The van der Waals surface area contributed by atoms with Gasteiger partial charge in [-0.15, -0.1) is 0 Å². The number of ether oxygens (including phenoxy) is 1. The minimum absolute atomic E-state index is 0.143. The van der Waals surface area contributed by atoms with E-state index in [4.69, 9.17) is 14.7 Å². The summed E-state index contributed by atoms with van der Waals surface area (Å²) < 4.78 is 6.32. The normalized spacial score (nSPS) is 24.3. The van der Waals surface area contributed by atoms with Gasteiger partial charge in [-0.3, -0.25) is 9.69 Å². The second-order valence-electron chi connectivity index (χ2n) is 13.6. The lowest BCUT2D eigenvalue weighted by Gasteiger charge is -2.43. The smallest absolute Gasteiger partial charge is 0.408 e. The zero-order chi connectivity index (χ0) is 32.9.